The zero-order valence-electron chi connectivity index (χ0n) is 8.29. The number of carbonyl (C=O) groups is 1. The monoisotopic (exact) mass is 186 g/mol. The highest BCUT2D eigenvalue weighted by atomic mass is 16.4. The predicted octanol–water partition coefficient (Wildman–Crippen LogP) is 0.000800. The van der Waals surface area contributed by atoms with Gasteiger partial charge in [0.2, 0.25) is 0 Å². The Kier molecular flexibility index (Phi) is 3.69. The summed E-state index contributed by atoms with van der Waals surface area (Å²) in [6.45, 7) is 4.23. The minimum absolute atomic E-state index is 0.130. The first-order valence-electron chi connectivity index (χ1n) is 4.73. The van der Waals surface area contributed by atoms with Crippen LogP contribution in [0.15, 0.2) is 0 Å². The molecule has 0 saturated carbocycles. The molecule has 1 aliphatic rings. The maximum Gasteiger partial charge on any atom is 0.317 e. The van der Waals surface area contributed by atoms with E-state index in [1.54, 1.807) is 0 Å². The van der Waals surface area contributed by atoms with Gasteiger partial charge in [-0.1, -0.05) is 6.92 Å². The Morgan fingerprint density at radius 1 is 1.69 bits per heavy atom. The van der Waals surface area contributed by atoms with Crippen LogP contribution in [0.25, 0.3) is 0 Å². The second kappa shape index (κ2) is 4.58. The quantitative estimate of drug-likeness (QED) is 0.649. The molecule has 1 saturated heterocycles. The highest BCUT2D eigenvalue weighted by Gasteiger charge is 2.23. The predicted molar refractivity (Wildman–Crippen MR) is 50.7 cm³/mol. The Hall–Kier alpha value is -0.610. The Balaban J connectivity index is 2.26. The summed E-state index contributed by atoms with van der Waals surface area (Å²) < 4.78 is 0. The third-order valence-electron chi connectivity index (χ3n) is 2.61. The molecule has 2 atom stereocenters. The van der Waals surface area contributed by atoms with Gasteiger partial charge in [-0.25, -0.2) is 0 Å². The number of likely N-dealkylation sites (N-methyl/N-ethyl adjacent to an activating group) is 1. The van der Waals surface area contributed by atoms with Crippen LogP contribution in [0.4, 0.5) is 0 Å². The van der Waals surface area contributed by atoms with Crippen molar-refractivity contribution in [3.63, 3.8) is 0 Å². The number of rotatable bonds is 4. The lowest BCUT2D eigenvalue weighted by atomic mass is 10.0. The zero-order chi connectivity index (χ0) is 9.84. The molecule has 0 aliphatic carbocycles. The standard InChI is InChI=1S/C9H18N2O2/c1-7-3-4-10-8(7)5-11(2)6-9(12)13/h7-8,10H,3-6H2,1-2H3,(H,12,13). The van der Waals surface area contributed by atoms with E-state index in [9.17, 15) is 4.79 Å². The first-order chi connectivity index (χ1) is 6.09. The van der Waals surface area contributed by atoms with Gasteiger partial charge in [-0.15, -0.1) is 0 Å². The van der Waals surface area contributed by atoms with E-state index in [4.69, 9.17) is 5.11 Å². The normalized spacial score (nSPS) is 28.2. The lowest BCUT2D eigenvalue weighted by Crippen LogP contribution is -2.40. The van der Waals surface area contributed by atoms with Crippen LogP contribution >= 0.6 is 0 Å². The van der Waals surface area contributed by atoms with E-state index in [0.717, 1.165) is 13.1 Å². The molecule has 0 spiro atoms. The van der Waals surface area contributed by atoms with Crippen molar-refractivity contribution in [2.24, 2.45) is 5.92 Å². The van der Waals surface area contributed by atoms with Crippen molar-refractivity contribution in [3.05, 3.63) is 0 Å². The van der Waals surface area contributed by atoms with Crippen LogP contribution < -0.4 is 5.32 Å². The van der Waals surface area contributed by atoms with E-state index in [1.165, 1.54) is 6.42 Å². The number of aliphatic carboxylic acids is 1. The van der Waals surface area contributed by atoms with Crippen molar-refractivity contribution in [1.29, 1.82) is 0 Å². The van der Waals surface area contributed by atoms with Crippen molar-refractivity contribution in [1.82, 2.24) is 10.2 Å². The van der Waals surface area contributed by atoms with Gasteiger partial charge < -0.3 is 10.4 Å². The van der Waals surface area contributed by atoms with Crippen LogP contribution in [-0.2, 0) is 4.79 Å². The molecule has 13 heavy (non-hydrogen) atoms. The molecule has 1 heterocycles. The Morgan fingerprint density at radius 3 is 2.85 bits per heavy atom. The molecule has 4 nitrogen and oxygen atoms in total. The molecular formula is C9H18N2O2. The molecule has 0 aromatic carbocycles. The average Bonchev–Trinajstić information content (AvgIpc) is 2.34. The van der Waals surface area contributed by atoms with E-state index in [2.05, 4.69) is 12.2 Å². The summed E-state index contributed by atoms with van der Waals surface area (Å²) in [6.07, 6.45) is 1.20. The first-order valence-corrected chi connectivity index (χ1v) is 4.73. The van der Waals surface area contributed by atoms with Crippen molar-refractivity contribution >= 4 is 5.97 Å². The third kappa shape index (κ3) is 3.32. The molecule has 4 heteroatoms. The summed E-state index contributed by atoms with van der Waals surface area (Å²) in [6, 6.07) is 0.462. The van der Waals surface area contributed by atoms with Crippen molar-refractivity contribution in [3.8, 4) is 0 Å². The van der Waals surface area contributed by atoms with Crippen LogP contribution in [-0.4, -0.2) is 48.7 Å². The molecule has 0 bridgehead atoms. The molecular weight excluding hydrogens is 168 g/mol. The van der Waals surface area contributed by atoms with E-state index in [-0.39, 0.29) is 6.54 Å². The first kappa shape index (κ1) is 10.5. The zero-order valence-corrected chi connectivity index (χ0v) is 8.29. The van der Waals surface area contributed by atoms with Gasteiger partial charge in [-0.3, -0.25) is 9.69 Å². The van der Waals surface area contributed by atoms with Gasteiger partial charge in [0.1, 0.15) is 0 Å². The summed E-state index contributed by atoms with van der Waals surface area (Å²) in [5.41, 5.74) is 0. The van der Waals surface area contributed by atoms with E-state index < -0.39 is 5.97 Å². The van der Waals surface area contributed by atoms with Gasteiger partial charge in [0.15, 0.2) is 0 Å². The highest BCUT2D eigenvalue weighted by Crippen LogP contribution is 2.14. The minimum atomic E-state index is -0.756. The second-order valence-corrected chi connectivity index (χ2v) is 3.92. The Morgan fingerprint density at radius 2 is 2.38 bits per heavy atom. The van der Waals surface area contributed by atoms with Crippen molar-refractivity contribution in [2.75, 3.05) is 26.7 Å². The summed E-state index contributed by atoms with van der Waals surface area (Å²) in [7, 11) is 1.85. The summed E-state index contributed by atoms with van der Waals surface area (Å²) >= 11 is 0. The van der Waals surface area contributed by atoms with Gasteiger partial charge in [0, 0.05) is 12.6 Å². The van der Waals surface area contributed by atoms with Gasteiger partial charge in [-0.05, 0) is 25.9 Å². The molecule has 0 aromatic rings. The second-order valence-electron chi connectivity index (χ2n) is 3.92. The molecule has 0 amide bonds. The smallest absolute Gasteiger partial charge is 0.317 e. The molecule has 0 radical (unpaired) electrons. The Labute approximate surface area is 78.9 Å². The van der Waals surface area contributed by atoms with E-state index in [1.807, 2.05) is 11.9 Å². The number of nitrogens with one attached hydrogen (secondary N) is 1. The topological polar surface area (TPSA) is 52.6 Å². The van der Waals surface area contributed by atoms with Crippen molar-refractivity contribution < 1.29 is 9.90 Å². The molecule has 76 valence electrons. The van der Waals surface area contributed by atoms with E-state index >= 15 is 0 Å². The molecule has 2 unspecified atom stereocenters. The van der Waals surface area contributed by atoms with Gasteiger partial charge >= 0.3 is 5.97 Å². The number of hydrogen-bond donors (Lipinski definition) is 2. The van der Waals surface area contributed by atoms with Crippen LogP contribution in [0, 0.1) is 5.92 Å². The summed E-state index contributed by atoms with van der Waals surface area (Å²) in [4.78, 5) is 12.3. The van der Waals surface area contributed by atoms with Gasteiger partial charge in [-0.2, -0.15) is 0 Å². The van der Waals surface area contributed by atoms with Crippen LogP contribution in [0.1, 0.15) is 13.3 Å². The molecule has 1 rings (SSSR count). The maximum absolute atomic E-state index is 10.4. The lowest BCUT2D eigenvalue weighted by molar-refractivity contribution is -0.138. The number of carboxylic acid groups (broad SMARTS) is 1. The molecule has 1 aliphatic heterocycles. The van der Waals surface area contributed by atoms with Crippen LogP contribution in [0.5, 0.6) is 0 Å². The lowest BCUT2D eigenvalue weighted by Gasteiger charge is -2.22. The maximum atomic E-state index is 10.4. The van der Waals surface area contributed by atoms with Crippen LogP contribution in [0.3, 0.4) is 0 Å². The third-order valence-corrected chi connectivity index (χ3v) is 2.61. The SMILES string of the molecule is CC1CCNC1CN(C)CC(=O)O. The number of nitrogens with zero attached hydrogens (tertiary/aromatic N) is 1. The summed E-state index contributed by atoms with van der Waals surface area (Å²) in [5, 5.41) is 11.9. The summed E-state index contributed by atoms with van der Waals surface area (Å²) in [5.74, 6) is -0.0932. The van der Waals surface area contributed by atoms with E-state index in [0.29, 0.717) is 12.0 Å². The van der Waals surface area contributed by atoms with Crippen molar-refractivity contribution in [2.45, 2.75) is 19.4 Å². The molecule has 2 N–H and O–H groups in total. The fourth-order valence-corrected chi connectivity index (χ4v) is 1.77. The Bertz CT molecular complexity index is 184. The fourth-order valence-electron chi connectivity index (χ4n) is 1.77. The highest BCUT2D eigenvalue weighted by molar-refractivity contribution is 5.69. The average molecular weight is 186 g/mol. The molecule has 1 fully saturated rings. The number of carboxylic acids is 1. The van der Waals surface area contributed by atoms with Gasteiger partial charge in [0.25, 0.3) is 0 Å². The molecule has 0 aromatic heterocycles. The minimum Gasteiger partial charge on any atom is -0.480 e. The van der Waals surface area contributed by atoms with Crippen LogP contribution in [0.2, 0.25) is 0 Å². The fraction of sp³-hybridized carbons (Fsp3) is 0.889. The number of hydrogen-bond acceptors (Lipinski definition) is 3. The largest absolute Gasteiger partial charge is 0.480 e. The van der Waals surface area contributed by atoms with Gasteiger partial charge in [0.05, 0.1) is 6.54 Å².